The molecule has 0 unspecified atom stereocenters. The Balaban J connectivity index is 1.94. The fourth-order valence-electron chi connectivity index (χ4n) is 1.44. The molecule has 0 N–H and O–H groups in total. The maximum Gasteiger partial charge on any atom is 0.223 e. The van der Waals surface area contributed by atoms with Gasteiger partial charge in [0, 0.05) is 20.0 Å². The lowest BCUT2D eigenvalue weighted by molar-refractivity contribution is 0.276. The summed E-state index contributed by atoms with van der Waals surface area (Å²) >= 11 is 0. The van der Waals surface area contributed by atoms with Crippen molar-refractivity contribution in [2.75, 3.05) is 13.1 Å². The van der Waals surface area contributed by atoms with Gasteiger partial charge in [-0.3, -0.25) is 4.90 Å². The van der Waals surface area contributed by atoms with Gasteiger partial charge < -0.3 is 4.52 Å². The highest BCUT2D eigenvalue weighted by Crippen LogP contribution is 2.05. The minimum atomic E-state index is 0.641. The van der Waals surface area contributed by atoms with Crippen LogP contribution in [0.25, 0.3) is 0 Å². The molecule has 2 heterocycles. The molecule has 1 aromatic heterocycles. The van der Waals surface area contributed by atoms with Crippen LogP contribution in [0.3, 0.4) is 0 Å². The SMILES string of the molecule is Cc1nc(CN2CC=CCC2)no1. The quantitative estimate of drug-likeness (QED) is 0.638. The second-order valence-electron chi connectivity index (χ2n) is 3.22. The summed E-state index contributed by atoms with van der Waals surface area (Å²) in [5.41, 5.74) is 0. The minimum Gasteiger partial charge on any atom is -0.340 e. The summed E-state index contributed by atoms with van der Waals surface area (Å²) in [7, 11) is 0. The van der Waals surface area contributed by atoms with E-state index in [1.165, 1.54) is 0 Å². The van der Waals surface area contributed by atoms with Crippen molar-refractivity contribution in [1.82, 2.24) is 15.0 Å². The zero-order valence-electron chi connectivity index (χ0n) is 7.73. The normalized spacial score (nSPS) is 17.9. The Labute approximate surface area is 77.2 Å². The van der Waals surface area contributed by atoms with Crippen molar-refractivity contribution in [3.05, 3.63) is 23.9 Å². The van der Waals surface area contributed by atoms with Crippen LogP contribution in [0.2, 0.25) is 0 Å². The predicted octanol–water partition coefficient (Wildman–Crippen LogP) is 1.14. The van der Waals surface area contributed by atoms with Gasteiger partial charge >= 0.3 is 0 Å². The average molecular weight is 179 g/mol. The summed E-state index contributed by atoms with van der Waals surface area (Å²) in [6.07, 6.45) is 5.51. The van der Waals surface area contributed by atoms with Crippen LogP contribution in [0.1, 0.15) is 18.1 Å². The third-order valence-corrected chi connectivity index (χ3v) is 2.08. The highest BCUT2D eigenvalue weighted by Gasteiger charge is 2.10. The highest BCUT2D eigenvalue weighted by molar-refractivity contribution is 4.93. The molecular formula is C9H13N3O. The van der Waals surface area contributed by atoms with Crippen LogP contribution >= 0.6 is 0 Å². The largest absolute Gasteiger partial charge is 0.340 e. The smallest absolute Gasteiger partial charge is 0.223 e. The number of hydrogen-bond acceptors (Lipinski definition) is 4. The van der Waals surface area contributed by atoms with Gasteiger partial charge in [-0.2, -0.15) is 4.98 Å². The van der Waals surface area contributed by atoms with Crippen molar-refractivity contribution in [3.8, 4) is 0 Å². The van der Waals surface area contributed by atoms with Gasteiger partial charge in [0.25, 0.3) is 0 Å². The van der Waals surface area contributed by atoms with E-state index in [0.717, 1.165) is 31.9 Å². The number of hydrogen-bond donors (Lipinski definition) is 0. The Morgan fingerprint density at radius 1 is 1.54 bits per heavy atom. The molecule has 4 heteroatoms. The molecule has 2 rings (SSSR count). The molecule has 0 amide bonds. The first-order chi connectivity index (χ1) is 6.34. The molecule has 1 aliphatic rings. The van der Waals surface area contributed by atoms with Gasteiger partial charge in [0.05, 0.1) is 6.54 Å². The summed E-state index contributed by atoms with van der Waals surface area (Å²) in [6.45, 7) is 4.69. The molecule has 1 aliphatic heterocycles. The van der Waals surface area contributed by atoms with Crippen LogP contribution in [0.4, 0.5) is 0 Å². The molecule has 0 radical (unpaired) electrons. The van der Waals surface area contributed by atoms with Crippen molar-refractivity contribution >= 4 is 0 Å². The summed E-state index contributed by atoms with van der Waals surface area (Å²) in [6, 6.07) is 0. The highest BCUT2D eigenvalue weighted by atomic mass is 16.5. The molecule has 13 heavy (non-hydrogen) atoms. The Hall–Kier alpha value is -1.16. The molecule has 0 fully saturated rings. The third kappa shape index (κ3) is 2.15. The van der Waals surface area contributed by atoms with E-state index in [4.69, 9.17) is 4.52 Å². The number of nitrogens with zero attached hydrogens (tertiary/aromatic N) is 3. The summed E-state index contributed by atoms with van der Waals surface area (Å²) < 4.78 is 4.90. The lowest BCUT2D eigenvalue weighted by Crippen LogP contribution is -2.27. The third-order valence-electron chi connectivity index (χ3n) is 2.08. The van der Waals surface area contributed by atoms with E-state index in [0.29, 0.717) is 5.89 Å². The summed E-state index contributed by atoms with van der Waals surface area (Å²) in [5.74, 6) is 1.43. The van der Waals surface area contributed by atoms with Crippen molar-refractivity contribution in [3.63, 3.8) is 0 Å². The molecule has 0 atom stereocenters. The summed E-state index contributed by atoms with van der Waals surface area (Å²) in [5, 5.41) is 3.86. The molecular weight excluding hydrogens is 166 g/mol. The van der Waals surface area contributed by atoms with E-state index < -0.39 is 0 Å². The van der Waals surface area contributed by atoms with Gasteiger partial charge in [-0.05, 0) is 6.42 Å². The Morgan fingerprint density at radius 2 is 2.46 bits per heavy atom. The van der Waals surface area contributed by atoms with E-state index in [9.17, 15) is 0 Å². The van der Waals surface area contributed by atoms with Gasteiger partial charge in [0.2, 0.25) is 5.89 Å². The van der Waals surface area contributed by atoms with Gasteiger partial charge in [0.15, 0.2) is 5.82 Å². The molecule has 1 aromatic rings. The minimum absolute atomic E-state index is 0.641. The first kappa shape index (κ1) is 8.44. The molecule has 0 saturated carbocycles. The molecule has 0 bridgehead atoms. The van der Waals surface area contributed by atoms with Gasteiger partial charge in [-0.25, -0.2) is 0 Å². The first-order valence-corrected chi connectivity index (χ1v) is 4.51. The van der Waals surface area contributed by atoms with Gasteiger partial charge in [0.1, 0.15) is 0 Å². The van der Waals surface area contributed by atoms with E-state index in [1.54, 1.807) is 0 Å². The topological polar surface area (TPSA) is 42.2 Å². The first-order valence-electron chi connectivity index (χ1n) is 4.51. The van der Waals surface area contributed by atoms with Crippen LogP contribution < -0.4 is 0 Å². The van der Waals surface area contributed by atoms with Gasteiger partial charge in [-0.1, -0.05) is 17.3 Å². The maximum atomic E-state index is 4.90. The van der Waals surface area contributed by atoms with Crippen molar-refractivity contribution in [2.45, 2.75) is 19.9 Å². The Kier molecular flexibility index (Phi) is 2.40. The summed E-state index contributed by atoms with van der Waals surface area (Å²) in [4.78, 5) is 6.46. The maximum absolute atomic E-state index is 4.90. The van der Waals surface area contributed by atoms with Crippen LogP contribution in [0, 0.1) is 6.92 Å². The Morgan fingerprint density at radius 3 is 3.08 bits per heavy atom. The molecule has 0 spiro atoms. The van der Waals surface area contributed by atoms with Crippen LogP contribution in [-0.4, -0.2) is 28.1 Å². The van der Waals surface area contributed by atoms with E-state index in [1.807, 2.05) is 6.92 Å². The average Bonchev–Trinajstić information content (AvgIpc) is 2.53. The van der Waals surface area contributed by atoms with E-state index in [-0.39, 0.29) is 0 Å². The van der Waals surface area contributed by atoms with E-state index in [2.05, 4.69) is 27.2 Å². The molecule has 4 nitrogen and oxygen atoms in total. The molecule has 70 valence electrons. The lowest BCUT2D eigenvalue weighted by atomic mass is 10.2. The zero-order valence-corrected chi connectivity index (χ0v) is 7.73. The standard InChI is InChI=1S/C9H13N3O/c1-8-10-9(11-13-8)7-12-5-3-2-4-6-12/h2-3H,4-7H2,1H3. The predicted molar refractivity (Wildman–Crippen MR) is 48.1 cm³/mol. The number of aromatic nitrogens is 2. The van der Waals surface area contributed by atoms with Crippen LogP contribution in [-0.2, 0) is 6.54 Å². The lowest BCUT2D eigenvalue weighted by Gasteiger charge is -2.20. The van der Waals surface area contributed by atoms with E-state index >= 15 is 0 Å². The second-order valence-corrected chi connectivity index (χ2v) is 3.22. The Bertz CT molecular complexity index is 306. The number of rotatable bonds is 2. The fraction of sp³-hybridized carbons (Fsp3) is 0.556. The van der Waals surface area contributed by atoms with Crippen LogP contribution in [0.5, 0.6) is 0 Å². The zero-order chi connectivity index (χ0) is 9.10. The van der Waals surface area contributed by atoms with Gasteiger partial charge in [-0.15, -0.1) is 0 Å². The van der Waals surface area contributed by atoms with Crippen LogP contribution in [0.15, 0.2) is 16.7 Å². The number of aryl methyl sites for hydroxylation is 1. The van der Waals surface area contributed by atoms with Crippen molar-refractivity contribution < 1.29 is 4.52 Å². The van der Waals surface area contributed by atoms with Crippen molar-refractivity contribution in [2.24, 2.45) is 0 Å². The second kappa shape index (κ2) is 3.70. The monoisotopic (exact) mass is 179 g/mol. The molecule has 0 aromatic carbocycles. The van der Waals surface area contributed by atoms with Crippen molar-refractivity contribution in [1.29, 1.82) is 0 Å². The molecule has 0 saturated heterocycles. The molecule has 0 aliphatic carbocycles. The fourth-order valence-corrected chi connectivity index (χ4v) is 1.44.